The van der Waals surface area contributed by atoms with E-state index in [0.717, 1.165) is 38.5 Å². The molecule has 0 aliphatic heterocycles. The fraction of sp³-hybridized carbons (Fsp3) is 0.300. The number of nitriles is 3. The second-order valence-corrected chi connectivity index (χ2v) is 30.8. The number of hydrogen-bond acceptors (Lipinski definition) is 3. The van der Waals surface area contributed by atoms with Crippen LogP contribution in [0.2, 0.25) is 0 Å². The van der Waals surface area contributed by atoms with Crippen molar-refractivity contribution >= 4 is 120 Å². The average molecular weight is 1130 g/mol. The summed E-state index contributed by atoms with van der Waals surface area (Å²) >= 11 is -1.03. The molecule has 0 atom stereocenters. The van der Waals surface area contributed by atoms with Crippen molar-refractivity contribution in [3.8, 4) is 18.2 Å². The third kappa shape index (κ3) is 48.9. The number of hydrogen-bond donors (Lipinski definition) is 0. The SMILES string of the molecule is N#CCCCc1ccccc1.N#CCCCc1ccccc1.N#CCCCc1ccccc1.O.[Cl][Pt]([Cl])([Cl])[Cl].[Cl][Pt][Cl].[K][K]. The van der Waals surface area contributed by atoms with E-state index in [1.54, 1.807) is 0 Å². The molecule has 0 saturated heterocycles. The molecule has 2 N–H and O–H groups in total. The van der Waals surface area contributed by atoms with Crippen LogP contribution in [0.4, 0.5) is 0 Å². The Morgan fingerprint density at radius 2 is 0.705 bits per heavy atom. The second kappa shape index (κ2) is 43.5. The van der Waals surface area contributed by atoms with E-state index in [0.29, 0.717) is 19.3 Å². The molecule has 3 aromatic carbocycles. The van der Waals surface area contributed by atoms with Crippen LogP contribution in [0.25, 0.3) is 0 Å². The molecule has 3 rings (SSSR count). The molecule has 4 nitrogen and oxygen atoms in total. The van der Waals surface area contributed by atoms with Crippen LogP contribution in [0.1, 0.15) is 55.2 Å². The van der Waals surface area contributed by atoms with Gasteiger partial charge in [-0.15, -0.1) is 0 Å². The Hall–Kier alpha value is 2.48. The predicted octanol–water partition coefficient (Wildman–Crippen LogP) is 10.1. The van der Waals surface area contributed by atoms with Crippen molar-refractivity contribution in [2.45, 2.75) is 57.8 Å². The van der Waals surface area contributed by atoms with Gasteiger partial charge in [-0.2, -0.15) is 15.8 Å². The molecule has 0 saturated carbocycles. The van der Waals surface area contributed by atoms with E-state index in [1.807, 2.05) is 54.6 Å². The molecule has 0 bridgehead atoms. The summed E-state index contributed by atoms with van der Waals surface area (Å²) < 4.78 is 0. The first-order valence-corrected chi connectivity index (χ1v) is 46.1. The van der Waals surface area contributed by atoms with Gasteiger partial charge in [-0.3, -0.25) is 0 Å². The summed E-state index contributed by atoms with van der Waals surface area (Å²) in [4.78, 5) is 0. The van der Waals surface area contributed by atoms with Gasteiger partial charge in [0.05, 0.1) is 18.2 Å². The number of halogens is 6. The van der Waals surface area contributed by atoms with Crippen molar-refractivity contribution in [2.75, 3.05) is 0 Å². The first kappa shape index (κ1) is 53.3. The third-order valence-corrected chi connectivity index (χ3v) is 4.79. The molecule has 0 amide bonds. The summed E-state index contributed by atoms with van der Waals surface area (Å²) in [7, 11) is 29.8. The van der Waals surface area contributed by atoms with Crippen LogP contribution < -0.4 is 0 Å². The number of benzene rings is 3. The average Bonchev–Trinajstić information content (AvgIpc) is 3.01. The van der Waals surface area contributed by atoms with Crippen LogP contribution >= 0.6 is 56.5 Å². The summed E-state index contributed by atoms with van der Waals surface area (Å²) in [5.41, 5.74) is 3.97. The Balaban J connectivity index is -0.000000235. The number of unbranched alkanes of at least 4 members (excludes halogenated alkanes) is 3. The van der Waals surface area contributed by atoms with Crippen LogP contribution in [0.5, 0.6) is 0 Å². The fourth-order valence-electron chi connectivity index (χ4n) is 3.05. The van der Waals surface area contributed by atoms with Gasteiger partial charge in [0.1, 0.15) is 0 Å². The zero-order valence-corrected chi connectivity index (χ0v) is 40.1. The van der Waals surface area contributed by atoms with Gasteiger partial charge in [-0.25, -0.2) is 0 Å². The Bertz CT molecular complexity index is 979. The maximum absolute atomic E-state index is 8.29. The topological polar surface area (TPSA) is 103 Å². The van der Waals surface area contributed by atoms with Gasteiger partial charge < -0.3 is 5.48 Å². The molecule has 0 aliphatic rings. The Kier molecular flexibility index (Phi) is 52.7. The van der Waals surface area contributed by atoms with E-state index in [9.17, 15) is 0 Å². The molecule has 3 aromatic rings. The van der Waals surface area contributed by atoms with Crippen molar-refractivity contribution in [3.05, 3.63) is 108 Å². The van der Waals surface area contributed by atoms with Crippen molar-refractivity contribution < 1.29 is 33.9 Å². The first-order valence-electron chi connectivity index (χ1n) is 13.2. The first-order chi connectivity index (χ1) is 20.7. The minimum atomic E-state index is -3.06. The second-order valence-electron chi connectivity index (χ2n) is 7.81. The van der Waals surface area contributed by atoms with Crippen molar-refractivity contribution in [1.29, 1.82) is 15.8 Å². The van der Waals surface area contributed by atoms with Gasteiger partial charge in [0.2, 0.25) is 0 Å². The Morgan fingerprint density at radius 1 is 0.523 bits per heavy atom. The zero-order chi connectivity index (χ0) is 33.0. The van der Waals surface area contributed by atoms with Gasteiger partial charge in [0, 0.05) is 19.3 Å². The number of aryl methyl sites for hydroxylation is 3. The number of nitrogens with zero attached hydrogens (tertiary/aromatic N) is 3. The summed E-state index contributed by atoms with van der Waals surface area (Å²) in [5.74, 6) is 0. The summed E-state index contributed by atoms with van der Waals surface area (Å²) in [6, 6.07) is 37.2. The normalized spacial score (nSPS) is 9.16. The van der Waals surface area contributed by atoms with Gasteiger partial charge in [0.25, 0.3) is 0 Å². The maximum atomic E-state index is 8.29. The quantitative estimate of drug-likeness (QED) is 0.158. The molecule has 44 heavy (non-hydrogen) atoms. The third-order valence-electron chi connectivity index (χ3n) is 4.79. The molecule has 0 heterocycles. The predicted molar refractivity (Wildman–Crippen MR) is 185 cm³/mol. The summed E-state index contributed by atoms with van der Waals surface area (Å²) in [6.07, 6.45) is 7.97. The standard InChI is InChI=1S/3C10H11N.6ClH.2K.H2O.2Pt/c3*11-9-5-4-8-10-6-2-1-3-7-10;;;;;;;;;;;/h3*1-3,6-7H,4-5,8H2;6*1H;;;1H2;;/q;;;;;;;;;;;;+2;+4/p-6. The van der Waals surface area contributed by atoms with Gasteiger partial charge in [-0.05, 0) is 55.2 Å². The van der Waals surface area contributed by atoms with E-state index >= 15 is 0 Å². The molecule has 0 unspecified atom stereocenters. The van der Waals surface area contributed by atoms with Crippen LogP contribution in [0, 0.1) is 34.0 Å². The molecular formula is C30H35Cl6K2N3OPt2. The fourth-order valence-corrected chi connectivity index (χ4v) is 3.05. The van der Waals surface area contributed by atoms with Crippen molar-refractivity contribution in [3.63, 3.8) is 0 Å². The molecule has 0 spiro atoms. The van der Waals surface area contributed by atoms with Crippen LogP contribution in [0.3, 0.4) is 0 Å². The van der Waals surface area contributed by atoms with E-state index in [4.69, 9.17) is 72.3 Å². The summed E-state index contributed by atoms with van der Waals surface area (Å²) in [5, 5.41) is 24.9. The molecular weight excluding hydrogens is 1100 g/mol. The van der Waals surface area contributed by atoms with Gasteiger partial charge >= 0.3 is 148 Å². The summed E-state index contributed by atoms with van der Waals surface area (Å²) in [6.45, 7) is 0. The number of rotatable bonds is 9. The van der Waals surface area contributed by atoms with E-state index in [1.165, 1.54) is 79.8 Å². The Morgan fingerprint density at radius 3 is 0.864 bits per heavy atom. The zero-order valence-electron chi connectivity index (χ0n) is 24.8. The molecule has 0 fully saturated rings. The van der Waals surface area contributed by atoms with E-state index in [-0.39, 0.29) is 5.48 Å². The Labute approximate surface area is 345 Å². The molecule has 0 aromatic heterocycles. The van der Waals surface area contributed by atoms with Crippen molar-refractivity contribution in [1.82, 2.24) is 0 Å². The van der Waals surface area contributed by atoms with Gasteiger partial charge in [-0.1, -0.05) is 91.0 Å². The van der Waals surface area contributed by atoms with E-state index in [2.05, 4.69) is 54.6 Å². The molecule has 0 radical (unpaired) electrons. The van der Waals surface area contributed by atoms with Crippen LogP contribution in [-0.2, 0) is 47.6 Å². The monoisotopic (exact) mass is 1130 g/mol. The molecule has 0 aliphatic carbocycles. The molecule has 240 valence electrons. The minimum absolute atomic E-state index is 0. The van der Waals surface area contributed by atoms with E-state index < -0.39 is 28.4 Å². The molecule has 14 heteroatoms. The van der Waals surface area contributed by atoms with Crippen LogP contribution in [0.15, 0.2) is 91.0 Å². The van der Waals surface area contributed by atoms with Crippen molar-refractivity contribution in [2.24, 2.45) is 0 Å². The van der Waals surface area contributed by atoms with Crippen LogP contribution in [-0.4, -0.2) is 68.6 Å². The van der Waals surface area contributed by atoms with Gasteiger partial charge in [0.15, 0.2) is 0 Å².